The summed E-state index contributed by atoms with van der Waals surface area (Å²) in [6.07, 6.45) is 5.09. The van der Waals surface area contributed by atoms with E-state index in [-0.39, 0.29) is 0 Å². The van der Waals surface area contributed by atoms with E-state index in [1.54, 1.807) is 31.8 Å². The van der Waals surface area contributed by atoms with Crippen LogP contribution in [0.1, 0.15) is 0 Å². The van der Waals surface area contributed by atoms with Gasteiger partial charge in [-0.05, 0) is 23.8 Å². The molecular formula is C11H11N3O. The standard InChI is InChI=1S/C11H11N3O/c1-15-10-4-9(6-13-7-10)8-2-3-14-11(12)5-8/h2-7H,1H3,(H2,12,14). The summed E-state index contributed by atoms with van der Waals surface area (Å²) in [5.74, 6) is 1.22. The van der Waals surface area contributed by atoms with Crippen LogP contribution in [0.4, 0.5) is 5.82 Å². The van der Waals surface area contributed by atoms with Crippen molar-refractivity contribution >= 4 is 5.82 Å². The maximum absolute atomic E-state index is 5.60. The van der Waals surface area contributed by atoms with Gasteiger partial charge in [0.1, 0.15) is 11.6 Å². The first-order valence-electron chi connectivity index (χ1n) is 4.50. The SMILES string of the molecule is COc1cncc(-c2ccnc(N)c2)c1. The van der Waals surface area contributed by atoms with Crippen molar-refractivity contribution < 1.29 is 4.74 Å². The molecule has 0 spiro atoms. The molecular weight excluding hydrogens is 190 g/mol. The average molecular weight is 201 g/mol. The number of ether oxygens (including phenoxy) is 1. The van der Waals surface area contributed by atoms with Crippen LogP contribution in [-0.4, -0.2) is 17.1 Å². The van der Waals surface area contributed by atoms with Gasteiger partial charge >= 0.3 is 0 Å². The summed E-state index contributed by atoms with van der Waals surface area (Å²) < 4.78 is 5.10. The third-order valence-corrected chi connectivity index (χ3v) is 2.06. The molecule has 2 heterocycles. The molecule has 0 bridgehead atoms. The normalized spacial score (nSPS) is 9.93. The minimum absolute atomic E-state index is 0.496. The van der Waals surface area contributed by atoms with Gasteiger partial charge in [-0.15, -0.1) is 0 Å². The molecule has 0 aliphatic heterocycles. The van der Waals surface area contributed by atoms with Crippen LogP contribution in [0.2, 0.25) is 0 Å². The van der Waals surface area contributed by atoms with Gasteiger partial charge in [-0.3, -0.25) is 4.98 Å². The maximum atomic E-state index is 5.60. The monoisotopic (exact) mass is 201 g/mol. The highest BCUT2D eigenvalue weighted by Crippen LogP contribution is 2.22. The van der Waals surface area contributed by atoms with Crippen LogP contribution >= 0.6 is 0 Å². The summed E-state index contributed by atoms with van der Waals surface area (Å²) >= 11 is 0. The molecule has 76 valence electrons. The second kappa shape index (κ2) is 3.96. The second-order valence-corrected chi connectivity index (χ2v) is 3.08. The minimum atomic E-state index is 0.496. The van der Waals surface area contributed by atoms with Crippen molar-refractivity contribution in [3.63, 3.8) is 0 Å². The quantitative estimate of drug-likeness (QED) is 0.803. The van der Waals surface area contributed by atoms with Crippen LogP contribution in [0.25, 0.3) is 11.1 Å². The maximum Gasteiger partial charge on any atom is 0.137 e. The van der Waals surface area contributed by atoms with Gasteiger partial charge in [0.05, 0.1) is 13.3 Å². The van der Waals surface area contributed by atoms with Gasteiger partial charge in [0.25, 0.3) is 0 Å². The Kier molecular flexibility index (Phi) is 2.49. The predicted octanol–water partition coefficient (Wildman–Crippen LogP) is 1.73. The van der Waals surface area contributed by atoms with Crippen molar-refractivity contribution in [2.75, 3.05) is 12.8 Å². The lowest BCUT2D eigenvalue weighted by Crippen LogP contribution is -1.90. The Hall–Kier alpha value is -2.10. The van der Waals surface area contributed by atoms with E-state index in [4.69, 9.17) is 10.5 Å². The van der Waals surface area contributed by atoms with Gasteiger partial charge in [0.15, 0.2) is 0 Å². The van der Waals surface area contributed by atoms with Crippen LogP contribution in [0.3, 0.4) is 0 Å². The van der Waals surface area contributed by atoms with Crippen LogP contribution in [0, 0.1) is 0 Å². The van der Waals surface area contributed by atoms with E-state index >= 15 is 0 Å². The van der Waals surface area contributed by atoms with Crippen LogP contribution < -0.4 is 10.5 Å². The summed E-state index contributed by atoms with van der Waals surface area (Å²) in [5, 5.41) is 0. The molecule has 0 saturated carbocycles. The Bertz CT molecular complexity index is 471. The van der Waals surface area contributed by atoms with Gasteiger partial charge in [0.2, 0.25) is 0 Å². The molecule has 2 aromatic rings. The number of nitrogens with zero attached hydrogens (tertiary/aromatic N) is 2. The summed E-state index contributed by atoms with van der Waals surface area (Å²) in [7, 11) is 1.61. The number of hydrogen-bond acceptors (Lipinski definition) is 4. The first-order chi connectivity index (χ1) is 7.29. The smallest absolute Gasteiger partial charge is 0.137 e. The fourth-order valence-corrected chi connectivity index (χ4v) is 1.32. The topological polar surface area (TPSA) is 61.0 Å². The summed E-state index contributed by atoms with van der Waals surface area (Å²) in [4.78, 5) is 8.01. The highest BCUT2D eigenvalue weighted by atomic mass is 16.5. The number of rotatable bonds is 2. The van der Waals surface area contributed by atoms with Gasteiger partial charge in [-0.25, -0.2) is 4.98 Å². The molecule has 0 amide bonds. The average Bonchev–Trinajstić information content (AvgIpc) is 2.29. The number of nitrogen functional groups attached to an aromatic ring is 1. The number of hydrogen-bond donors (Lipinski definition) is 1. The first kappa shape index (κ1) is 9.45. The van der Waals surface area contributed by atoms with Gasteiger partial charge in [-0.1, -0.05) is 0 Å². The zero-order valence-electron chi connectivity index (χ0n) is 8.34. The Morgan fingerprint density at radius 2 is 2.07 bits per heavy atom. The Morgan fingerprint density at radius 1 is 1.20 bits per heavy atom. The Labute approximate surface area is 87.7 Å². The van der Waals surface area contributed by atoms with Crippen LogP contribution in [0.5, 0.6) is 5.75 Å². The van der Waals surface area contributed by atoms with Gasteiger partial charge in [-0.2, -0.15) is 0 Å². The largest absolute Gasteiger partial charge is 0.495 e. The molecule has 2 N–H and O–H groups in total. The van der Waals surface area contributed by atoms with Crippen molar-refractivity contribution in [1.82, 2.24) is 9.97 Å². The highest BCUT2D eigenvalue weighted by Gasteiger charge is 2.00. The molecule has 0 radical (unpaired) electrons. The molecule has 15 heavy (non-hydrogen) atoms. The van der Waals surface area contributed by atoms with E-state index in [9.17, 15) is 0 Å². The molecule has 4 heteroatoms. The molecule has 0 fully saturated rings. The van der Waals surface area contributed by atoms with E-state index in [2.05, 4.69) is 9.97 Å². The molecule has 2 aromatic heterocycles. The van der Waals surface area contributed by atoms with Crippen molar-refractivity contribution in [3.05, 3.63) is 36.8 Å². The zero-order chi connectivity index (χ0) is 10.7. The Morgan fingerprint density at radius 3 is 2.80 bits per heavy atom. The highest BCUT2D eigenvalue weighted by molar-refractivity contribution is 5.65. The molecule has 0 aromatic carbocycles. The molecule has 0 saturated heterocycles. The van der Waals surface area contributed by atoms with E-state index in [1.807, 2.05) is 12.1 Å². The van der Waals surface area contributed by atoms with E-state index in [1.165, 1.54) is 0 Å². The second-order valence-electron chi connectivity index (χ2n) is 3.08. The molecule has 0 aliphatic rings. The molecule has 4 nitrogen and oxygen atoms in total. The lowest BCUT2D eigenvalue weighted by Gasteiger charge is -2.04. The molecule has 0 atom stereocenters. The Balaban J connectivity index is 2.44. The number of pyridine rings is 2. The lowest BCUT2D eigenvalue weighted by molar-refractivity contribution is 0.413. The van der Waals surface area contributed by atoms with Gasteiger partial charge < -0.3 is 10.5 Å². The number of methoxy groups -OCH3 is 1. The van der Waals surface area contributed by atoms with Crippen LogP contribution in [-0.2, 0) is 0 Å². The summed E-state index contributed by atoms with van der Waals surface area (Å²) in [5.41, 5.74) is 7.55. The van der Waals surface area contributed by atoms with Crippen molar-refractivity contribution in [1.29, 1.82) is 0 Å². The molecule has 0 unspecified atom stereocenters. The van der Waals surface area contributed by atoms with E-state index < -0.39 is 0 Å². The zero-order valence-corrected chi connectivity index (χ0v) is 8.34. The van der Waals surface area contributed by atoms with Crippen molar-refractivity contribution in [3.8, 4) is 16.9 Å². The third kappa shape index (κ3) is 2.04. The van der Waals surface area contributed by atoms with E-state index in [0.717, 1.165) is 16.9 Å². The molecule has 2 rings (SSSR count). The summed E-state index contributed by atoms with van der Waals surface area (Å²) in [6, 6.07) is 5.59. The number of aromatic nitrogens is 2. The van der Waals surface area contributed by atoms with Crippen molar-refractivity contribution in [2.24, 2.45) is 0 Å². The van der Waals surface area contributed by atoms with Crippen molar-refractivity contribution in [2.45, 2.75) is 0 Å². The van der Waals surface area contributed by atoms with Gasteiger partial charge in [0, 0.05) is 18.0 Å². The fourth-order valence-electron chi connectivity index (χ4n) is 1.32. The summed E-state index contributed by atoms with van der Waals surface area (Å²) in [6.45, 7) is 0. The third-order valence-electron chi connectivity index (χ3n) is 2.06. The van der Waals surface area contributed by atoms with Crippen LogP contribution in [0.15, 0.2) is 36.8 Å². The lowest BCUT2D eigenvalue weighted by atomic mass is 10.1. The fraction of sp³-hybridized carbons (Fsp3) is 0.0909. The number of nitrogens with two attached hydrogens (primary N) is 1. The van der Waals surface area contributed by atoms with E-state index in [0.29, 0.717) is 5.82 Å². The minimum Gasteiger partial charge on any atom is -0.495 e. The first-order valence-corrected chi connectivity index (χ1v) is 4.50. The molecule has 0 aliphatic carbocycles. The predicted molar refractivity (Wildman–Crippen MR) is 58.4 cm³/mol. The number of anilines is 1.